The van der Waals surface area contributed by atoms with E-state index < -0.39 is 5.97 Å². The molecule has 0 aliphatic carbocycles. The molecule has 0 heterocycles. The van der Waals surface area contributed by atoms with Crippen LogP contribution in [0.1, 0.15) is 22.8 Å². The minimum Gasteiger partial charge on any atom is -0.468 e. The molecule has 1 aromatic rings. The van der Waals surface area contributed by atoms with Crippen molar-refractivity contribution < 1.29 is 19.4 Å². The Morgan fingerprint density at radius 1 is 1.30 bits per heavy atom. The molecule has 5 heteroatoms. The van der Waals surface area contributed by atoms with Gasteiger partial charge in [0.25, 0.3) is 5.91 Å². The average Bonchev–Trinajstić information content (AvgIpc) is 2.50. The quantitative estimate of drug-likeness (QED) is 0.647. The Balaban J connectivity index is 2.82. The van der Waals surface area contributed by atoms with E-state index in [9.17, 15) is 9.59 Å². The fourth-order valence-corrected chi connectivity index (χ4v) is 1.57. The van der Waals surface area contributed by atoms with E-state index in [1.165, 1.54) is 12.0 Å². The van der Waals surface area contributed by atoms with E-state index in [0.29, 0.717) is 17.7 Å². The topological polar surface area (TPSA) is 66.8 Å². The number of aliphatic hydroxyl groups excluding tert-OH is 1. The highest BCUT2D eigenvalue weighted by Gasteiger charge is 2.17. The van der Waals surface area contributed by atoms with Gasteiger partial charge in [-0.3, -0.25) is 9.59 Å². The third kappa shape index (κ3) is 4.41. The second-order valence-electron chi connectivity index (χ2n) is 3.93. The lowest BCUT2D eigenvalue weighted by molar-refractivity contribution is -0.141. The van der Waals surface area contributed by atoms with Crippen LogP contribution in [0.5, 0.6) is 0 Å². The van der Waals surface area contributed by atoms with Crippen LogP contribution in [0, 0.1) is 11.8 Å². The van der Waals surface area contributed by atoms with E-state index in [1.54, 1.807) is 31.2 Å². The number of amides is 1. The van der Waals surface area contributed by atoms with E-state index in [4.69, 9.17) is 5.11 Å². The molecule has 1 rings (SSSR count). The lowest BCUT2D eigenvalue weighted by Crippen LogP contribution is -2.36. The highest BCUT2D eigenvalue weighted by molar-refractivity contribution is 5.96. The number of hydrogen-bond donors (Lipinski definition) is 1. The summed E-state index contributed by atoms with van der Waals surface area (Å²) in [6, 6.07) is 6.68. The number of likely N-dealkylation sites (N-methyl/N-ethyl adjacent to an activating group) is 1. The van der Waals surface area contributed by atoms with Gasteiger partial charge in [0.05, 0.1) is 7.11 Å². The summed E-state index contributed by atoms with van der Waals surface area (Å²) in [5.41, 5.74) is 1.19. The van der Waals surface area contributed by atoms with Crippen molar-refractivity contribution in [3.63, 3.8) is 0 Å². The molecule has 5 nitrogen and oxygen atoms in total. The minimum absolute atomic E-state index is 0.0715. The van der Waals surface area contributed by atoms with Gasteiger partial charge >= 0.3 is 5.97 Å². The third-order valence-corrected chi connectivity index (χ3v) is 2.66. The van der Waals surface area contributed by atoms with Gasteiger partial charge in [0, 0.05) is 17.7 Å². The van der Waals surface area contributed by atoms with Gasteiger partial charge in [0.1, 0.15) is 13.2 Å². The summed E-state index contributed by atoms with van der Waals surface area (Å²) >= 11 is 0. The molecule has 0 atom stereocenters. The SMILES string of the molecule is CCN(CC(=O)OC)C(=O)c1ccc(C#CCO)cc1. The molecule has 0 aliphatic rings. The molecule has 20 heavy (non-hydrogen) atoms. The predicted octanol–water partition coefficient (Wildman–Crippen LogP) is 0.665. The Morgan fingerprint density at radius 3 is 2.45 bits per heavy atom. The van der Waals surface area contributed by atoms with Gasteiger partial charge in [-0.25, -0.2) is 0 Å². The number of esters is 1. The van der Waals surface area contributed by atoms with E-state index in [1.807, 2.05) is 0 Å². The van der Waals surface area contributed by atoms with Crippen LogP contribution in [-0.2, 0) is 9.53 Å². The Morgan fingerprint density at radius 2 is 1.95 bits per heavy atom. The van der Waals surface area contributed by atoms with Crippen molar-refractivity contribution in [1.82, 2.24) is 4.90 Å². The molecule has 0 bridgehead atoms. The summed E-state index contributed by atoms with van der Waals surface area (Å²) in [5.74, 6) is 4.59. The zero-order valence-electron chi connectivity index (χ0n) is 11.5. The number of carbonyl (C=O) groups is 2. The van der Waals surface area contributed by atoms with Crippen molar-refractivity contribution >= 4 is 11.9 Å². The maximum absolute atomic E-state index is 12.2. The molecule has 0 fully saturated rings. The molecule has 1 aromatic carbocycles. The minimum atomic E-state index is -0.453. The first-order valence-electron chi connectivity index (χ1n) is 6.18. The molecule has 0 radical (unpaired) electrons. The molecule has 1 N–H and O–H groups in total. The van der Waals surface area contributed by atoms with Gasteiger partial charge < -0.3 is 14.7 Å². The molecule has 0 saturated heterocycles. The molecule has 1 amide bonds. The Labute approximate surface area is 118 Å². The van der Waals surface area contributed by atoms with Gasteiger partial charge in [-0.15, -0.1) is 0 Å². The Hall–Kier alpha value is -2.32. The van der Waals surface area contributed by atoms with Crippen LogP contribution in [0.4, 0.5) is 0 Å². The van der Waals surface area contributed by atoms with Crippen LogP contribution in [-0.4, -0.2) is 48.7 Å². The van der Waals surface area contributed by atoms with Crippen molar-refractivity contribution in [3.8, 4) is 11.8 Å². The van der Waals surface area contributed by atoms with Crippen molar-refractivity contribution in [2.75, 3.05) is 26.8 Å². The number of nitrogens with zero attached hydrogens (tertiary/aromatic N) is 1. The molecule has 0 saturated carbocycles. The number of ether oxygens (including phenoxy) is 1. The van der Waals surface area contributed by atoms with Crippen molar-refractivity contribution in [1.29, 1.82) is 0 Å². The average molecular weight is 275 g/mol. The number of hydrogen-bond acceptors (Lipinski definition) is 4. The maximum atomic E-state index is 12.2. The molecule has 106 valence electrons. The molecule has 0 aromatic heterocycles. The first-order chi connectivity index (χ1) is 9.62. The fourth-order valence-electron chi connectivity index (χ4n) is 1.57. The fraction of sp³-hybridized carbons (Fsp3) is 0.333. The van der Waals surface area contributed by atoms with Crippen molar-refractivity contribution in [2.45, 2.75) is 6.92 Å². The molecule has 0 unspecified atom stereocenters. The normalized spacial score (nSPS) is 9.35. The Kier molecular flexibility index (Phi) is 6.27. The standard InChI is InChI=1S/C15H17NO4/c1-3-16(11-14(18)20-2)15(19)13-8-6-12(7-9-13)5-4-10-17/h6-9,17H,3,10-11H2,1-2H3. The van der Waals surface area contributed by atoms with Crippen molar-refractivity contribution in [2.24, 2.45) is 0 Å². The van der Waals surface area contributed by atoms with Gasteiger partial charge in [-0.2, -0.15) is 0 Å². The number of aliphatic hydroxyl groups is 1. The van der Waals surface area contributed by atoms with E-state index >= 15 is 0 Å². The summed E-state index contributed by atoms with van der Waals surface area (Å²) in [6.07, 6.45) is 0. The number of benzene rings is 1. The largest absolute Gasteiger partial charge is 0.468 e. The molecule has 0 aliphatic heterocycles. The Bertz CT molecular complexity index is 525. The first kappa shape index (κ1) is 15.7. The number of rotatable bonds is 4. The van der Waals surface area contributed by atoms with E-state index in [0.717, 1.165) is 0 Å². The summed E-state index contributed by atoms with van der Waals surface area (Å²) in [6.45, 7) is 1.93. The van der Waals surface area contributed by atoms with Crippen LogP contribution in [0.3, 0.4) is 0 Å². The van der Waals surface area contributed by atoms with Crippen LogP contribution in [0.25, 0.3) is 0 Å². The highest BCUT2D eigenvalue weighted by Crippen LogP contribution is 2.07. The lowest BCUT2D eigenvalue weighted by Gasteiger charge is -2.19. The predicted molar refractivity (Wildman–Crippen MR) is 74.0 cm³/mol. The van der Waals surface area contributed by atoms with E-state index in [-0.39, 0.29) is 19.1 Å². The van der Waals surface area contributed by atoms with Gasteiger partial charge in [0.2, 0.25) is 0 Å². The smallest absolute Gasteiger partial charge is 0.325 e. The molecule has 0 spiro atoms. The second kappa shape index (κ2) is 7.97. The van der Waals surface area contributed by atoms with E-state index in [2.05, 4.69) is 16.6 Å². The first-order valence-corrected chi connectivity index (χ1v) is 6.18. The number of carbonyl (C=O) groups excluding carboxylic acids is 2. The van der Waals surface area contributed by atoms with Crippen LogP contribution < -0.4 is 0 Å². The van der Waals surface area contributed by atoms with Crippen molar-refractivity contribution in [3.05, 3.63) is 35.4 Å². The zero-order valence-corrected chi connectivity index (χ0v) is 11.5. The van der Waals surface area contributed by atoms with Gasteiger partial charge in [0.15, 0.2) is 0 Å². The summed E-state index contributed by atoms with van der Waals surface area (Å²) < 4.78 is 4.56. The van der Waals surface area contributed by atoms with Gasteiger partial charge in [-0.05, 0) is 31.2 Å². The van der Waals surface area contributed by atoms with Gasteiger partial charge in [-0.1, -0.05) is 11.8 Å². The summed E-state index contributed by atoms with van der Waals surface area (Å²) in [7, 11) is 1.29. The lowest BCUT2D eigenvalue weighted by atomic mass is 10.1. The third-order valence-electron chi connectivity index (χ3n) is 2.66. The number of methoxy groups -OCH3 is 1. The zero-order chi connectivity index (χ0) is 15.0. The highest BCUT2D eigenvalue weighted by atomic mass is 16.5. The van der Waals surface area contributed by atoms with Crippen LogP contribution in [0.15, 0.2) is 24.3 Å². The summed E-state index contributed by atoms with van der Waals surface area (Å²) in [4.78, 5) is 24.8. The maximum Gasteiger partial charge on any atom is 0.325 e. The van der Waals surface area contributed by atoms with Crippen LogP contribution >= 0.6 is 0 Å². The molecular formula is C15H17NO4. The van der Waals surface area contributed by atoms with Crippen LogP contribution in [0.2, 0.25) is 0 Å². The second-order valence-corrected chi connectivity index (χ2v) is 3.93. The monoisotopic (exact) mass is 275 g/mol. The molecular weight excluding hydrogens is 258 g/mol. The summed E-state index contributed by atoms with van der Waals surface area (Å²) in [5, 5.41) is 8.60.